The predicted molar refractivity (Wildman–Crippen MR) is 157 cm³/mol. The smallest absolute Gasteiger partial charge is 0.214 e. The lowest BCUT2D eigenvalue weighted by Crippen LogP contribution is -2.40. The molecule has 1 aromatic carbocycles. The number of aliphatic imine (C=N–C) groups is 1. The summed E-state index contributed by atoms with van der Waals surface area (Å²) in [6, 6.07) is 7.09. The van der Waals surface area contributed by atoms with E-state index in [1.807, 2.05) is 57.0 Å². The van der Waals surface area contributed by atoms with Gasteiger partial charge < -0.3 is 14.8 Å². The number of aromatic amines is 1. The lowest BCUT2D eigenvalue weighted by Gasteiger charge is -2.31. The molecule has 0 aliphatic carbocycles. The third-order valence-electron chi connectivity index (χ3n) is 6.17. The van der Waals surface area contributed by atoms with Crippen molar-refractivity contribution in [3.63, 3.8) is 0 Å². The highest BCUT2D eigenvalue weighted by atomic mass is 32.2. The van der Waals surface area contributed by atoms with Gasteiger partial charge in [0, 0.05) is 36.9 Å². The Hall–Kier alpha value is -3.37. The van der Waals surface area contributed by atoms with E-state index in [1.54, 1.807) is 19.1 Å². The van der Waals surface area contributed by atoms with Crippen LogP contribution in [-0.2, 0) is 14.6 Å². The van der Waals surface area contributed by atoms with E-state index in [0.717, 1.165) is 35.5 Å². The van der Waals surface area contributed by atoms with Crippen molar-refractivity contribution in [1.29, 1.82) is 0 Å². The molecule has 0 spiro atoms. The van der Waals surface area contributed by atoms with E-state index in [1.165, 1.54) is 7.11 Å². The number of aromatic nitrogens is 2. The summed E-state index contributed by atoms with van der Waals surface area (Å²) in [6.45, 7) is 12.6. The van der Waals surface area contributed by atoms with Crippen LogP contribution in [0.5, 0.6) is 5.75 Å². The van der Waals surface area contributed by atoms with E-state index in [-0.39, 0.29) is 4.90 Å². The van der Waals surface area contributed by atoms with Crippen LogP contribution in [0.25, 0.3) is 5.70 Å². The van der Waals surface area contributed by atoms with Gasteiger partial charge in [0.15, 0.2) is 15.7 Å². The predicted octanol–water partition coefficient (Wildman–Crippen LogP) is 5.86. The Kier molecular flexibility index (Phi) is 10.5. The number of hydrogen-bond donors (Lipinski definition) is 2. The van der Waals surface area contributed by atoms with E-state index >= 15 is 0 Å². The maximum Gasteiger partial charge on any atom is 0.214 e. The zero-order chi connectivity index (χ0) is 28.6. The summed E-state index contributed by atoms with van der Waals surface area (Å²) in [5.41, 5.74) is 4.36. The Balaban J connectivity index is 2.13. The third kappa shape index (κ3) is 7.60. The van der Waals surface area contributed by atoms with Crippen molar-refractivity contribution in [2.45, 2.75) is 71.0 Å². The van der Waals surface area contributed by atoms with Gasteiger partial charge >= 0.3 is 0 Å². The molecule has 0 amide bonds. The minimum Gasteiger partial charge on any atom is -0.495 e. The number of H-pyrrole nitrogens is 1. The number of sulfone groups is 1. The summed E-state index contributed by atoms with van der Waals surface area (Å²) in [6.07, 6.45) is 8.44. The average molecular weight is 556 g/mol. The minimum absolute atomic E-state index is 0.154. The van der Waals surface area contributed by atoms with E-state index in [0.29, 0.717) is 42.7 Å². The summed E-state index contributed by atoms with van der Waals surface area (Å²) in [5, 5.41) is 10.0. The number of nitrogens with zero attached hydrogens (tertiary/aromatic N) is 3. The lowest BCUT2D eigenvalue weighted by atomic mass is 10.1. The number of allylic oxidation sites excluding steroid dienone is 3. The van der Waals surface area contributed by atoms with Crippen LogP contribution in [-0.4, -0.2) is 55.0 Å². The molecule has 2 N–H and O–H groups in total. The molecule has 2 aromatic rings. The van der Waals surface area contributed by atoms with Crippen LogP contribution in [0, 0.1) is 6.92 Å². The normalized spacial score (nSPS) is 16.7. The van der Waals surface area contributed by atoms with Crippen LogP contribution in [0.1, 0.15) is 65.1 Å². The first-order chi connectivity index (χ1) is 18.6. The van der Waals surface area contributed by atoms with Gasteiger partial charge in [-0.25, -0.2) is 8.42 Å². The highest BCUT2D eigenvalue weighted by Gasteiger charge is 2.29. The standard InChI is InChI=1S/C29H41N5O4S/c1-8-10-11-24-18-25(30-29(34(24)19-20(3)4)31-28-16-21(5)32-33-28)23-12-13-26(37-7)27(17-23)39(35,36)22(6)14-15-38-9-2/h11-13,16-19,22H,8-10,14-15H2,1-7H3,(H2,30,31,32,33)/b24-11+. The lowest BCUT2D eigenvalue weighted by molar-refractivity contribution is 0.145. The molecule has 3 rings (SSSR count). The molecule has 2 heterocycles. The summed E-state index contributed by atoms with van der Waals surface area (Å²) < 4.78 is 38.1. The monoisotopic (exact) mass is 555 g/mol. The second kappa shape index (κ2) is 13.6. The van der Waals surface area contributed by atoms with Crippen molar-refractivity contribution < 1.29 is 17.9 Å². The number of benzene rings is 1. The van der Waals surface area contributed by atoms with Crippen LogP contribution < -0.4 is 10.1 Å². The fourth-order valence-electron chi connectivity index (χ4n) is 4.04. The molecule has 0 radical (unpaired) electrons. The van der Waals surface area contributed by atoms with Crippen LogP contribution in [0.2, 0.25) is 0 Å². The number of hydrogen-bond acceptors (Lipinski definition) is 6. The molecule has 1 aromatic heterocycles. The molecule has 1 aliphatic heterocycles. The number of aryl methyl sites for hydroxylation is 1. The molecule has 10 heteroatoms. The molecule has 1 atom stereocenters. The van der Waals surface area contributed by atoms with Gasteiger partial charge in [0.2, 0.25) is 5.96 Å². The molecular weight excluding hydrogens is 514 g/mol. The molecule has 0 saturated carbocycles. The second-order valence-corrected chi connectivity index (χ2v) is 12.1. The highest BCUT2D eigenvalue weighted by molar-refractivity contribution is 7.92. The first-order valence-corrected chi connectivity index (χ1v) is 14.9. The van der Waals surface area contributed by atoms with Crippen LogP contribution in [0.3, 0.4) is 0 Å². The minimum atomic E-state index is -3.68. The van der Waals surface area contributed by atoms with Gasteiger partial charge in [-0.1, -0.05) is 25.0 Å². The Morgan fingerprint density at radius 2 is 2.00 bits per heavy atom. The maximum absolute atomic E-state index is 13.6. The summed E-state index contributed by atoms with van der Waals surface area (Å²) in [7, 11) is -2.19. The van der Waals surface area contributed by atoms with Crippen LogP contribution in [0.15, 0.2) is 63.8 Å². The van der Waals surface area contributed by atoms with Crippen molar-refractivity contribution in [2.24, 2.45) is 4.99 Å². The van der Waals surface area contributed by atoms with Gasteiger partial charge in [-0.3, -0.25) is 10.00 Å². The zero-order valence-corrected chi connectivity index (χ0v) is 24.9. The number of methoxy groups -OCH3 is 1. The van der Waals surface area contributed by atoms with Gasteiger partial charge in [-0.05, 0) is 77.3 Å². The Morgan fingerprint density at radius 1 is 1.23 bits per heavy atom. The van der Waals surface area contributed by atoms with Crippen LogP contribution in [0.4, 0.5) is 5.82 Å². The van der Waals surface area contributed by atoms with E-state index in [4.69, 9.17) is 14.5 Å². The van der Waals surface area contributed by atoms with Crippen molar-refractivity contribution in [3.8, 4) is 5.75 Å². The zero-order valence-electron chi connectivity index (χ0n) is 24.0. The summed E-state index contributed by atoms with van der Waals surface area (Å²) in [5.74, 6) is 1.42. The maximum atomic E-state index is 13.6. The van der Waals surface area contributed by atoms with Gasteiger partial charge in [-0.2, -0.15) is 10.1 Å². The Labute approximate surface area is 232 Å². The Morgan fingerprint density at radius 3 is 2.62 bits per heavy atom. The number of nitrogens with one attached hydrogen (secondary N) is 2. The quantitative estimate of drug-likeness (QED) is 0.316. The molecular formula is C29H41N5O4S. The fraction of sp³-hybridized carbons (Fsp3) is 0.448. The first-order valence-electron chi connectivity index (χ1n) is 13.3. The molecule has 0 saturated heterocycles. The molecule has 39 heavy (non-hydrogen) atoms. The van der Waals surface area contributed by atoms with Gasteiger partial charge in [0.05, 0.1) is 18.1 Å². The van der Waals surface area contributed by atoms with Crippen LogP contribution >= 0.6 is 0 Å². The van der Waals surface area contributed by atoms with E-state index in [2.05, 4.69) is 28.5 Å². The molecule has 1 aliphatic rings. The number of ether oxygens (including phenoxy) is 2. The molecule has 0 fully saturated rings. The highest BCUT2D eigenvalue weighted by Crippen LogP contribution is 2.33. The first kappa shape index (κ1) is 30.2. The summed E-state index contributed by atoms with van der Waals surface area (Å²) >= 11 is 0. The van der Waals surface area contributed by atoms with Crippen molar-refractivity contribution in [2.75, 3.05) is 20.3 Å². The molecule has 0 bridgehead atoms. The van der Waals surface area contributed by atoms with Crippen molar-refractivity contribution in [1.82, 2.24) is 20.4 Å². The largest absolute Gasteiger partial charge is 0.495 e. The molecule has 1 unspecified atom stereocenters. The second-order valence-electron chi connectivity index (χ2n) is 9.73. The van der Waals surface area contributed by atoms with Gasteiger partial charge in [0.1, 0.15) is 10.6 Å². The number of guanidine groups is 1. The topological polar surface area (TPSA) is 109 Å². The Bertz CT molecular complexity index is 1370. The van der Waals surface area contributed by atoms with E-state index < -0.39 is 15.1 Å². The molecule has 212 valence electrons. The summed E-state index contributed by atoms with van der Waals surface area (Å²) in [4.78, 5) is 6.94. The van der Waals surface area contributed by atoms with Gasteiger partial charge in [-0.15, -0.1) is 0 Å². The van der Waals surface area contributed by atoms with Gasteiger partial charge in [0.25, 0.3) is 0 Å². The number of unbranched alkanes of at least 4 members (excludes halogenated alkanes) is 1. The van der Waals surface area contributed by atoms with Crippen molar-refractivity contribution >= 4 is 27.3 Å². The number of rotatable bonds is 12. The fourth-order valence-corrected chi connectivity index (χ4v) is 5.60. The third-order valence-corrected chi connectivity index (χ3v) is 8.40. The average Bonchev–Trinajstić information content (AvgIpc) is 3.32. The van der Waals surface area contributed by atoms with Crippen molar-refractivity contribution in [3.05, 3.63) is 65.1 Å². The molecule has 9 nitrogen and oxygen atoms in total. The van der Waals surface area contributed by atoms with E-state index in [9.17, 15) is 8.42 Å². The SMILES string of the molecule is CCC/C=C1\C=C(c2ccc(OC)c(S(=O)(=O)C(C)CCOCC)c2)NC(=Nc2cc(C)[nH]n2)N1C=C(C)C.